The normalized spacial score (nSPS) is 25.0. The number of halogens is 1. The molecular weight excluding hydrogens is 364 g/mol. The molecule has 2 heterocycles. The summed E-state index contributed by atoms with van der Waals surface area (Å²) in [5, 5.41) is 9.10. The summed E-state index contributed by atoms with van der Waals surface area (Å²) in [5.41, 5.74) is 0. The highest BCUT2D eigenvalue weighted by atomic mass is 79.9. The Morgan fingerprint density at radius 1 is 1.60 bits per heavy atom. The van der Waals surface area contributed by atoms with E-state index in [4.69, 9.17) is 5.11 Å². The van der Waals surface area contributed by atoms with Crippen molar-refractivity contribution in [3.05, 3.63) is 14.7 Å². The van der Waals surface area contributed by atoms with Gasteiger partial charge in [-0.2, -0.15) is 0 Å². The van der Waals surface area contributed by atoms with Gasteiger partial charge in [0.05, 0.1) is 10.4 Å². The highest BCUT2D eigenvalue weighted by molar-refractivity contribution is 9.11. The van der Waals surface area contributed by atoms with E-state index in [2.05, 4.69) is 32.5 Å². The van der Waals surface area contributed by atoms with Crippen molar-refractivity contribution in [1.82, 2.24) is 9.62 Å². The van der Waals surface area contributed by atoms with Crippen molar-refractivity contribution in [2.75, 3.05) is 20.1 Å². The fourth-order valence-corrected chi connectivity index (χ4v) is 6.37. The first kappa shape index (κ1) is 16.4. The van der Waals surface area contributed by atoms with E-state index in [9.17, 15) is 8.42 Å². The van der Waals surface area contributed by atoms with Crippen molar-refractivity contribution in [3.63, 3.8) is 0 Å². The molecule has 1 saturated heterocycles. The highest BCUT2D eigenvalue weighted by Crippen LogP contribution is 2.32. The summed E-state index contributed by atoms with van der Waals surface area (Å²) in [6.07, 6.45) is 0.811. The Morgan fingerprint density at radius 3 is 2.85 bits per heavy atom. The third kappa shape index (κ3) is 3.61. The summed E-state index contributed by atoms with van der Waals surface area (Å²) in [6.45, 7) is 3.69. The van der Waals surface area contributed by atoms with Gasteiger partial charge >= 0.3 is 0 Å². The zero-order valence-corrected chi connectivity index (χ0v) is 14.7. The Bertz CT molecular complexity index is 573. The molecular formula is C12H19BrN2O3S2. The maximum atomic E-state index is 12.4. The minimum Gasteiger partial charge on any atom is -0.391 e. The Hall–Kier alpha value is 0.01000. The zero-order valence-electron chi connectivity index (χ0n) is 11.5. The van der Waals surface area contributed by atoms with Crippen LogP contribution in [-0.4, -0.2) is 44.6 Å². The van der Waals surface area contributed by atoms with E-state index in [-0.39, 0.29) is 23.5 Å². The standard InChI is InChI=1S/C12H19BrN2O3S2/c1-8-6-15(2)4-3-10(8)14-20(17,18)11-5-9(7-16)19-12(11)13/h5,8,10,14,16H,3-4,6-7H2,1-2H3. The summed E-state index contributed by atoms with van der Waals surface area (Å²) < 4.78 is 28.2. The van der Waals surface area contributed by atoms with Gasteiger partial charge < -0.3 is 10.0 Å². The number of piperidine rings is 1. The van der Waals surface area contributed by atoms with Crippen LogP contribution >= 0.6 is 27.3 Å². The number of rotatable bonds is 4. The second-order valence-electron chi connectivity index (χ2n) is 5.26. The lowest BCUT2D eigenvalue weighted by atomic mass is 9.95. The fourth-order valence-electron chi connectivity index (χ4n) is 2.45. The number of aliphatic hydroxyl groups excluding tert-OH is 1. The van der Waals surface area contributed by atoms with E-state index >= 15 is 0 Å². The van der Waals surface area contributed by atoms with Crippen molar-refractivity contribution in [2.24, 2.45) is 5.92 Å². The number of nitrogens with one attached hydrogen (secondary N) is 1. The Kier molecular flexibility index (Phi) is 5.25. The predicted octanol–water partition coefficient (Wildman–Crippen LogP) is 1.62. The molecule has 0 radical (unpaired) electrons. The molecule has 2 unspecified atom stereocenters. The van der Waals surface area contributed by atoms with Gasteiger partial charge in [-0.3, -0.25) is 0 Å². The first-order valence-electron chi connectivity index (χ1n) is 6.43. The third-order valence-corrected chi connectivity index (χ3v) is 7.29. The Labute approximate surface area is 132 Å². The average molecular weight is 383 g/mol. The van der Waals surface area contributed by atoms with Gasteiger partial charge in [0.25, 0.3) is 0 Å². The molecule has 0 aliphatic carbocycles. The van der Waals surface area contributed by atoms with Crippen LogP contribution in [0.3, 0.4) is 0 Å². The van der Waals surface area contributed by atoms with Crippen LogP contribution in [0.5, 0.6) is 0 Å². The molecule has 0 bridgehead atoms. The Morgan fingerprint density at radius 2 is 2.30 bits per heavy atom. The monoisotopic (exact) mass is 382 g/mol. The quantitative estimate of drug-likeness (QED) is 0.829. The summed E-state index contributed by atoms with van der Waals surface area (Å²) in [6, 6.07) is 1.48. The van der Waals surface area contributed by atoms with Gasteiger partial charge in [0.15, 0.2) is 0 Å². The molecule has 1 aliphatic rings. The molecule has 0 saturated carbocycles. The number of aliphatic hydroxyl groups is 1. The molecule has 2 N–H and O–H groups in total. The van der Waals surface area contributed by atoms with E-state index in [0.717, 1.165) is 19.5 Å². The SMILES string of the molecule is CC1CN(C)CCC1NS(=O)(=O)c1cc(CO)sc1Br. The number of hydrogen-bond acceptors (Lipinski definition) is 5. The molecule has 1 fully saturated rings. The minimum atomic E-state index is -3.55. The lowest BCUT2D eigenvalue weighted by Gasteiger charge is -2.34. The van der Waals surface area contributed by atoms with Crippen LogP contribution in [0.15, 0.2) is 14.7 Å². The Balaban J connectivity index is 2.16. The third-order valence-electron chi connectivity index (χ3n) is 3.57. The van der Waals surface area contributed by atoms with Crippen LogP contribution in [0.25, 0.3) is 0 Å². The van der Waals surface area contributed by atoms with Gasteiger partial charge in [-0.1, -0.05) is 6.92 Å². The molecule has 1 aromatic heterocycles. The number of sulfonamides is 1. The number of thiophene rings is 1. The highest BCUT2D eigenvalue weighted by Gasteiger charge is 2.30. The second-order valence-corrected chi connectivity index (χ2v) is 9.40. The molecule has 5 nitrogen and oxygen atoms in total. The molecule has 0 aromatic carbocycles. The van der Waals surface area contributed by atoms with E-state index in [1.807, 2.05) is 7.05 Å². The average Bonchev–Trinajstić information content (AvgIpc) is 2.75. The van der Waals surface area contributed by atoms with Crippen LogP contribution in [0, 0.1) is 5.92 Å². The molecule has 0 amide bonds. The molecule has 1 aliphatic heterocycles. The predicted molar refractivity (Wildman–Crippen MR) is 83.3 cm³/mol. The molecule has 1 aromatic rings. The van der Waals surface area contributed by atoms with E-state index in [1.54, 1.807) is 0 Å². The molecule has 0 spiro atoms. The summed E-state index contributed by atoms with van der Waals surface area (Å²) >= 11 is 4.51. The van der Waals surface area contributed by atoms with E-state index in [1.165, 1.54) is 17.4 Å². The zero-order chi connectivity index (χ0) is 14.9. The van der Waals surface area contributed by atoms with Crippen molar-refractivity contribution >= 4 is 37.3 Å². The molecule has 114 valence electrons. The smallest absolute Gasteiger partial charge is 0.242 e. The van der Waals surface area contributed by atoms with Crippen molar-refractivity contribution in [1.29, 1.82) is 0 Å². The summed E-state index contributed by atoms with van der Waals surface area (Å²) in [7, 11) is -1.50. The maximum absolute atomic E-state index is 12.4. The first-order chi connectivity index (χ1) is 9.33. The van der Waals surface area contributed by atoms with Gasteiger partial charge in [-0.15, -0.1) is 11.3 Å². The molecule has 8 heteroatoms. The van der Waals surface area contributed by atoms with Gasteiger partial charge in [0, 0.05) is 17.5 Å². The molecule has 2 rings (SSSR count). The fraction of sp³-hybridized carbons (Fsp3) is 0.667. The van der Waals surface area contributed by atoms with E-state index < -0.39 is 10.0 Å². The van der Waals surface area contributed by atoms with Crippen molar-refractivity contribution < 1.29 is 13.5 Å². The number of hydrogen-bond donors (Lipinski definition) is 2. The van der Waals surface area contributed by atoms with Crippen LogP contribution in [0.2, 0.25) is 0 Å². The minimum absolute atomic E-state index is 0.0411. The number of nitrogens with zero attached hydrogens (tertiary/aromatic N) is 1. The summed E-state index contributed by atoms with van der Waals surface area (Å²) in [4.78, 5) is 3.06. The summed E-state index contributed by atoms with van der Waals surface area (Å²) in [5.74, 6) is 0.276. The molecule has 2 atom stereocenters. The van der Waals surface area contributed by atoms with Gasteiger partial charge in [0.2, 0.25) is 10.0 Å². The largest absolute Gasteiger partial charge is 0.391 e. The number of likely N-dealkylation sites (tertiary alicyclic amines) is 1. The first-order valence-corrected chi connectivity index (χ1v) is 9.52. The van der Waals surface area contributed by atoms with Gasteiger partial charge in [-0.05, 0) is 47.9 Å². The van der Waals surface area contributed by atoms with Crippen molar-refractivity contribution in [2.45, 2.75) is 30.9 Å². The van der Waals surface area contributed by atoms with Gasteiger partial charge in [0.1, 0.15) is 4.90 Å². The van der Waals surface area contributed by atoms with E-state index in [0.29, 0.717) is 8.66 Å². The molecule has 20 heavy (non-hydrogen) atoms. The van der Waals surface area contributed by atoms with Gasteiger partial charge in [-0.25, -0.2) is 13.1 Å². The maximum Gasteiger partial charge on any atom is 0.242 e. The van der Waals surface area contributed by atoms with Crippen LogP contribution in [0.1, 0.15) is 18.2 Å². The second kappa shape index (κ2) is 6.41. The lowest BCUT2D eigenvalue weighted by molar-refractivity contribution is 0.188. The lowest BCUT2D eigenvalue weighted by Crippen LogP contribution is -2.48. The van der Waals surface area contributed by atoms with Crippen LogP contribution < -0.4 is 4.72 Å². The van der Waals surface area contributed by atoms with Crippen LogP contribution in [0.4, 0.5) is 0 Å². The van der Waals surface area contributed by atoms with Crippen molar-refractivity contribution in [3.8, 4) is 0 Å². The topological polar surface area (TPSA) is 69.6 Å². The van der Waals surface area contributed by atoms with Crippen LogP contribution in [-0.2, 0) is 16.6 Å².